The van der Waals surface area contributed by atoms with Crippen molar-refractivity contribution in [1.82, 2.24) is 35.4 Å². The number of rotatable bonds is 30. The number of para-hydroxylation sites is 1. The molecule has 12 rings (SSSR count). The second-order valence-corrected chi connectivity index (χ2v) is 28.6. The normalized spacial score (nSPS) is 17.8. The van der Waals surface area contributed by atoms with Gasteiger partial charge in [-0.05, 0) is 118 Å². The molecule has 2 fully saturated rings. The fourth-order valence-corrected chi connectivity index (χ4v) is 14.4. The van der Waals surface area contributed by atoms with Crippen molar-refractivity contribution in [3.63, 3.8) is 0 Å². The van der Waals surface area contributed by atoms with Gasteiger partial charge in [-0.2, -0.15) is 0 Å². The Morgan fingerprint density at radius 2 is 1.40 bits per heavy atom. The smallest absolute Gasteiger partial charge is 0.416 e. The monoisotopic (exact) mass is 1430 g/mol. The first kappa shape index (κ1) is 74.1. The summed E-state index contributed by atoms with van der Waals surface area (Å²) in [4.78, 5) is 134. The molecule has 6 aromatic rings. The highest BCUT2D eigenvalue weighted by Gasteiger charge is 2.58. The molecule has 1 aliphatic carbocycles. The predicted octanol–water partition coefficient (Wildman–Crippen LogP) is 9.75. The van der Waals surface area contributed by atoms with Crippen LogP contribution in [-0.4, -0.2) is 166 Å². The van der Waals surface area contributed by atoms with Gasteiger partial charge in [-0.1, -0.05) is 85.8 Å². The Morgan fingerprint density at radius 1 is 0.724 bits per heavy atom. The van der Waals surface area contributed by atoms with E-state index in [1.165, 1.54) is 26.4 Å². The first-order chi connectivity index (χ1) is 50.6. The van der Waals surface area contributed by atoms with Gasteiger partial charge in [-0.15, -0.1) is 5.10 Å². The molecule has 0 bridgehead atoms. The van der Waals surface area contributed by atoms with Crippen LogP contribution in [0.3, 0.4) is 0 Å². The van der Waals surface area contributed by atoms with Crippen LogP contribution in [0.15, 0.2) is 114 Å². The number of ether oxygens (including phenoxy) is 5. The molecule has 1 aromatic heterocycles. The largest absolute Gasteiger partial charge is 0.493 e. The summed E-state index contributed by atoms with van der Waals surface area (Å²) >= 11 is 0. The summed E-state index contributed by atoms with van der Waals surface area (Å²) in [5.41, 5.74) is 7.55. The summed E-state index contributed by atoms with van der Waals surface area (Å²) in [6, 6.07) is 26.5. The zero-order valence-electron chi connectivity index (χ0n) is 60.3. The van der Waals surface area contributed by atoms with E-state index in [-0.39, 0.29) is 147 Å². The van der Waals surface area contributed by atoms with Gasteiger partial charge in [0, 0.05) is 92.7 Å². The molecular weight excluding hydrogens is 1340 g/mol. The Morgan fingerprint density at radius 3 is 2.10 bits per heavy atom. The number of benzene rings is 5. The molecule has 4 N–H and O–H groups in total. The number of fused-ring (bicyclic) bond motifs is 9. The molecule has 6 aliphatic rings. The van der Waals surface area contributed by atoms with E-state index in [1.807, 2.05) is 67.1 Å². The fraction of sp³-hybridized carbons (Fsp3) is 0.443. The predicted molar refractivity (Wildman–Crippen MR) is 388 cm³/mol. The molecule has 1 saturated carbocycles. The topological polar surface area (TPSA) is 320 Å². The summed E-state index contributed by atoms with van der Waals surface area (Å²) in [5, 5.41) is 36.2. The molecule has 6 amide bonds. The van der Waals surface area contributed by atoms with Gasteiger partial charge < -0.3 is 59.2 Å². The standard InChI is InChI=1S/C79H90N10O16/c1-46(2)58(33-55(92)40-81-70(94)25-23-54(91)24-26-71(95)86-42-52-15-9-10-16-56(52)72-73(89(47(3)4)84-83-72)57-17-11-12-18-62(57)86)74(96)82-48(5)65(93)32-49-19-21-50(22-20-49)44-105-78(100)88-63-37-69(67(102-7)35-60(63)76(98)87-45-79(27-28-79)38-64(87)77(88)99)104-30-14-8-13-29-103-68-36-61-59(34-66(68)101-6)75(97)85-41-51(43-90)31-53(85)39-80-61/h9-12,15-22,34-37,39,41,46-48,53,58,64,77,90,99H,8,13-14,23-33,38,40,42-45H2,1-7H3,(H,81,94)(H,82,96)/t48-,53-,58-,64-,77?/m0/s1. The lowest BCUT2D eigenvalue weighted by Gasteiger charge is -2.31. The lowest BCUT2D eigenvalue weighted by molar-refractivity contribution is -0.133. The van der Waals surface area contributed by atoms with Crippen molar-refractivity contribution < 1.29 is 77.0 Å². The number of unbranched alkanes of at least 4 members (excludes halogenated alkanes) is 2. The molecule has 1 unspecified atom stereocenters. The highest BCUT2D eigenvalue weighted by molar-refractivity contribution is 6.07. The fourth-order valence-electron chi connectivity index (χ4n) is 14.4. The molecule has 0 radical (unpaired) electrons. The first-order valence-corrected chi connectivity index (χ1v) is 36.0. The van der Waals surface area contributed by atoms with E-state index in [0.717, 1.165) is 51.4 Å². The molecule has 1 saturated heterocycles. The van der Waals surface area contributed by atoms with Gasteiger partial charge in [0.2, 0.25) is 17.7 Å². The maximum absolute atomic E-state index is 14.5. The number of carbonyl (C=O) groups excluding carboxylic acids is 9. The van der Waals surface area contributed by atoms with Crippen LogP contribution >= 0.6 is 0 Å². The van der Waals surface area contributed by atoms with Crippen molar-refractivity contribution in [1.29, 1.82) is 0 Å². The van der Waals surface area contributed by atoms with Gasteiger partial charge in [0.25, 0.3) is 11.8 Å². The Hall–Kier alpha value is -10.6. The average Bonchev–Trinajstić information content (AvgIpc) is 1.58. The quantitative estimate of drug-likeness (QED) is 0.0305. The molecule has 5 aliphatic heterocycles. The number of aromatic nitrogens is 3. The summed E-state index contributed by atoms with van der Waals surface area (Å²) in [5.74, 6) is -2.72. The Balaban J connectivity index is 0.591. The van der Waals surface area contributed by atoms with Gasteiger partial charge in [-0.3, -0.25) is 43.3 Å². The molecule has 26 nitrogen and oxygen atoms in total. The summed E-state index contributed by atoms with van der Waals surface area (Å²) in [7, 11) is 2.95. The maximum atomic E-state index is 14.5. The van der Waals surface area contributed by atoms with Gasteiger partial charge in [0.1, 0.15) is 18.1 Å². The van der Waals surface area contributed by atoms with Gasteiger partial charge in [0.15, 0.2) is 40.8 Å². The van der Waals surface area contributed by atoms with E-state index < -0.39 is 47.9 Å². The number of Topliss-reactive ketones (excluding diaryl/α,β-unsaturated/α-hetero) is 3. The number of nitrogens with one attached hydrogen (secondary N) is 2. The lowest BCUT2D eigenvalue weighted by Crippen LogP contribution is -2.50. The minimum absolute atomic E-state index is 0.0149. The maximum Gasteiger partial charge on any atom is 0.416 e. The van der Waals surface area contributed by atoms with Crippen molar-refractivity contribution in [3.8, 4) is 45.5 Å². The van der Waals surface area contributed by atoms with E-state index in [2.05, 4.69) is 25.9 Å². The zero-order chi connectivity index (χ0) is 74.4. The highest BCUT2D eigenvalue weighted by atomic mass is 16.6. The highest BCUT2D eigenvalue weighted by Crippen LogP contribution is 2.57. The molecule has 5 atom stereocenters. The van der Waals surface area contributed by atoms with Crippen molar-refractivity contribution in [2.45, 2.75) is 162 Å². The van der Waals surface area contributed by atoms with Crippen LogP contribution in [0, 0.1) is 17.3 Å². The molecule has 552 valence electrons. The third-order valence-electron chi connectivity index (χ3n) is 20.6. The number of aliphatic hydroxyl groups excluding tert-OH is 2. The summed E-state index contributed by atoms with van der Waals surface area (Å²) < 4.78 is 31.5. The molecule has 105 heavy (non-hydrogen) atoms. The third-order valence-corrected chi connectivity index (χ3v) is 20.6. The van der Waals surface area contributed by atoms with Gasteiger partial charge >= 0.3 is 6.09 Å². The Labute approximate surface area is 609 Å². The van der Waals surface area contributed by atoms with E-state index >= 15 is 0 Å². The molecule has 6 heterocycles. The molecule has 1 spiro atoms. The Bertz CT molecular complexity index is 4410. The van der Waals surface area contributed by atoms with Crippen LogP contribution in [0.1, 0.15) is 155 Å². The minimum atomic E-state index is -1.47. The minimum Gasteiger partial charge on any atom is -0.493 e. The van der Waals surface area contributed by atoms with Crippen LogP contribution in [0.5, 0.6) is 23.0 Å². The van der Waals surface area contributed by atoms with E-state index in [4.69, 9.17) is 23.7 Å². The van der Waals surface area contributed by atoms with Crippen LogP contribution in [-0.2, 0) is 53.1 Å². The van der Waals surface area contributed by atoms with Crippen molar-refractivity contribution >= 4 is 76.3 Å². The third kappa shape index (κ3) is 16.4. The number of anilines is 2. The number of hydrogen-bond donors (Lipinski definition) is 4. The van der Waals surface area contributed by atoms with E-state index in [0.29, 0.717) is 84.8 Å². The number of ketones is 3. The van der Waals surface area contributed by atoms with Gasteiger partial charge in [-0.25, -0.2) is 14.4 Å². The molecule has 26 heteroatoms. The number of nitrogens with zero attached hydrogens (tertiary/aromatic N) is 8. The van der Waals surface area contributed by atoms with E-state index in [9.17, 15) is 53.4 Å². The number of hydrogen-bond acceptors (Lipinski definition) is 19. The second-order valence-electron chi connectivity index (χ2n) is 28.6. The first-order valence-electron chi connectivity index (χ1n) is 36.0. The number of amides is 6. The number of aliphatic hydroxyl groups is 2. The van der Waals surface area contributed by atoms with Crippen LogP contribution in [0.2, 0.25) is 0 Å². The zero-order valence-corrected chi connectivity index (χ0v) is 60.3. The van der Waals surface area contributed by atoms with Gasteiger partial charge in [0.05, 0.1) is 99.1 Å². The van der Waals surface area contributed by atoms with Crippen molar-refractivity contribution in [2.24, 2.45) is 22.2 Å². The number of aliphatic imine (C=N–C) groups is 1. The lowest BCUT2D eigenvalue weighted by atomic mass is 9.89. The average molecular weight is 1440 g/mol. The summed E-state index contributed by atoms with van der Waals surface area (Å²) in [6.45, 7) is 9.64. The second kappa shape index (κ2) is 32.2. The number of methoxy groups -OCH3 is 2. The van der Waals surface area contributed by atoms with Crippen LogP contribution in [0.4, 0.5) is 21.9 Å². The molecule has 5 aromatic carbocycles. The van der Waals surface area contributed by atoms with Crippen LogP contribution in [0.25, 0.3) is 22.5 Å². The van der Waals surface area contributed by atoms with Crippen molar-refractivity contribution in [2.75, 3.05) is 56.9 Å². The number of carbonyl (C=O) groups is 9. The Kier molecular flexibility index (Phi) is 22.7. The SMILES string of the molecule is COc1cc2c(cc1OCCCCCOc1cc3c(cc1OC)C(=O)N1CC4(CC4)C[C@H]1C(O)N3C(=O)OCc1ccc(CC(=O)[C@H](C)NC(=O)[C@@H](CC(=O)CNC(=O)CCC(=O)CCC(=O)N3Cc4ccccc4-c4nnn(C(C)C)c4-c4ccccc43)C(C)C)cc1)N=C[C@@H]1CC(CO)=CN1C2=O. The van der Waals surface area contributed by atoms with E-state index in [1.54, 1.807) is 84.3 Å². The van der Waals surface area contributed by atoms with Crippen LogP contribution < -0.4 is 39.4 Å². The van der Waals surface area contributed by atoms with Crippen molar-refractivity contribution in [3.05, 3.63) is 137 Å². The molecular formula is C79H90N10O16. The summed E-state index contributed by atoms with van der Waals surface area (Å²) in [6.07, 6.45) is 4.89.